The van der Waals surface area contributed by atoms with Crippen molar-refractivity contribution >= 4 is 17.6 Å². The zero-order valence-electron chi connectivity index (χ0n) is 9.57. The van der Waals surface area contributed by atoms with E-state index in [1.165, 1.54) is 12.2 Å². The molecule has 0 amide bonds. The van der Waals surface area contributed by atoms with E-state index in [4.69, 9.17) is 0 Å². The molecular weight excluding hydrogens is 212 g/mol. The van der Waals surface area contributed by atoms with Crippen LogP contribution in [0.1, 0.15) is 51.1 Å². The molecule has 1 unspecified atom stereocenters. The molecule has 2 aliphatic carbocycles. The molecule has 0 fully saturated rings. The molecule has 2 nitrogen and oxygen atoms in total. The number of carbonyl (C=O) groups is 2. The predicted octanol–water partition coefficient (Wildman–Crippen LogP) is 3.14. The van der Waals surface area contributed by atoms with Gasteiger partial charge < -0.3 is 0 Å². The Hall–Kier alpha value is -1.96. The molecule has 0 saturated carbocycles. The lowest BCUT2D eigenvalue weighted by Gasteiger charge is -2.17. The topological polar surface area (TPSA) is 34.1 Å². The molecule has 0 spiro atoms. The van der Waals surface area contributed by atoms with Gasteiger partial charge in [0.15, 0.2) is 11.6 Å². The maximum atomic E-state index is 12.0. The number of carbonyl (C=O) groups excluding carboxylic acids is 2. The van der Waals surface area contributed by atoms with Gasteiger partial charge in [0.05, 0.1) is 0 Å². The lowest BCUT2D eigenvalue weighted by Crippen LogP contribution is -2.15. The summed E-state index contributed by atoms with van der Waals surface area (Å²) >= 11 is 0. The Kier molecular flexibility index (Phi) is 2.11. The first-order valence-electron chi connectivity index (χ1n) is 5.84. The molecule has 2 heteroatoms. The molecule has 0 bridgehead atoms. The van der Waals surface area contributed by atoms with Crippen LogP contribution >= 0.6 is 0 Å². The van der Waals surface area contributed by atoms with Gasteiger partial charge in [-0.15, -0.1) is 0 Å². The van der Waals surface area contributed by atoms with Crippen molar-refractivity contribution in [1.29, 1.82) is 0 Å². The number of hydrogen-bond donors (Lipinski definition) is 0. The van der Waals surface area contributed by atoms with Crippen LogP contribution in [0.3, 0.4) is 0 Å². The predicted molar refractivity (Wildman–Crippen MR) is 66.3 cm³/mol. The average Bonchev–Trinajstić information content (AvgIpc) is 2.76. The molecule has 17 heavy (non-hydrogen) atoms. The molecule has 0 N–H and O–H groups in total. The van der Waals surface area contributed by atoms with Gasteiger partial charge >= 0.3 is 0 Å². The Morgan fingerprint density at radius 2 is 1.82 bits per heavy atom. The van der Waals surface area contributed by atoms with Gasteiger partial charge in [0.25, 0.3) is 0 Å². The van der Waals surface area contributed by atoms with Gasteiger partial charge in [-0.1, -0.05) is 25.1 Å². The monoisotopic (exact) mass is 224 g/mol. The highest BCUT2D eigenvalue weighted by Crippen LogP contribution is 2.37. The lowest BCUT2D eigenvalue weighted by molar-refractivity contribution is 0.0993. The third kappa shape index (κ3) is 1.34. The maximum absolute atomic E-state index is 12.0. The highest BCUT2D eigenvalue weighted by Gasteiger charge is 2.28. The molecule has 1 atom stereocenters. The van der Waals surface area contributed by atoms with Crippen molar-refractivity contribution in [2.75, 3.05) is 0 Å². The zero-order valence-corrected chi connectivity index (χ0v) is 9.57. The second-order valence-electron chi connectivity index (χ2n) is 4.43. The van der Waals surface area contributed by atoms with Crippen LogP contribution in [-0.2, 0) is 0 Å². The van der Waals surface area contributed by atoms with E-state index in [9.17, 15) is 9.59 Å². The summed E-state index contributed by atoms with van der Waals surface area (Å²) in [4.78, 5) is 23.8. The summed E-state index contributed by atoms with van der Waals surface area (Å²) in [7, 11) is 0. The normalized spacial score (nSPS) is 20.6. The van der Waals surface area contributed by atoms with Crippen LogP contribution in [0.15, 0.2) is 30.4 Å². The number of benzene rings is 1. The van der Waals surface area contributed by atoms with Gasteiger partial charge in [-0.2, -0.15) is 0 Å². The summed E-state index contributed by atoms with van der Waals surface area (Å²) < 4.78 is 0. The quantitative estimate of drug-likeness (QED) is 0.734. The van der Waals surface area contributed by atoms with E-state index in [0.717, 1.165) is 17.5 Å². The van der Waals surface area contributed by atoms with Crippen LogP contribution < -0.4 is 0 Å². The smallest absolute Gasteiger partial charge is 0.187 e. The molecule has 0 saturated heterocycles. The fourth-order valence-corrected chi connectivity index (χ4v) is 2.63. The standard InChI is InChI=1S/C15H12O2/c1-2-9-3-4-10-5-6-11-12(16)7-8-13(17)15(11)14(9)10/h3-9H,2H2,1H3. The van der Waals surface area contributed by atoms with E-state index in [2.05, 4.69) is 13.0 Å². The molecule has 0 aliphatic heterocycles. The van der Waals surface area contributed by atoms with Crippen molar-refractivity contribution in [2.45, 2.75) is 19.3 Å². The number of ketones is 2. The van der Waals surface area contributed by atoms with Crippen LogP contribution in [0, 0.1) is 0 Å². The summed E-state index contributed by atoms with van der Waals surface area (Å²) in [6.07, 6.45) is 7.85. The minimum atomic E-state index is -0.0656. The Morgan fingerprint density at radius 1 is 1.06 bits per heavy atom. The molecule has 3 rings (SSSR count). The number of fused-ring (bicyclic) bond motifs is 3. The fourth-order valence-electron chi connectivity index (χ4n) is 2.63. The average molecular weight is 224 g/mol. The van der Waals surface area contributed by atoms with Crippen molar-refractivity contribution in [1.82, 2.24) is 0 Å². The summed E-state index contributed by atoms with van der Waals surface area (Å²) in [5.74, 6) is 0.158. The van der Waals surface area contributed by atoms with Crippen LogP contribution in [0.4, 0.5) is 0 Å². The van der Waals surface area contributed by atoms with Gasteiger partial charge in [0.2, 0.25) is 0 Å². The lowest BCUT2D eigenvalue weighted by atomic mass is 9.84. The van der Waals surface area contributed by atoms with E-state index in [1.807, 2.05) is 12.1 Å². The summed E-state index contributed by atoms with van der Waals surface area (Å²) in [5.41, 5.74) is 3.28. The van der Waals surface area contributed by atoms with E-state index in [-0.39, 0.29) is 17.5 Å². The third-order valence-corrected chi connectivity index (χ3v) is 3.50. The Balaban J connectivity index is 2.30. The third-order valence-electron chi connectivity index (χ3n) is 3.50. The Labute approximate surface area is 99.6 Å². The van der Waals surface area contributed by atoms with Gasteiger partial charge in [0.1, 0.15) is 0 Å². The van der Waals surface area contributed by atoms with Gasteiger partial charge in [-0.3, -0.25) is 9.59 Å². The van der Waals surface area contributed by atoms with Gasteiger partial charge in [0, 0.05) is 17.0 Å². The maximum Gasteiger partial charge on any atom is 0.187 e. The molecule has 1 aromatic carbocycles. The molecule has 1 aromatic rings. The van der Waals surface area contributed by atoms with Crippen molar-refractivity contribution in [3.63, 3.8) is 0 Å². The first-order valence-corrected chi connectivity index (χ1v) is 5.84. The molecule has 0 heterocycles. The minimum absolute atomic E-state index is 0.0430. The van der Waals surface area contributed by atoms with Gasteiger partial charge in [-0.05, 0) is 35.8 Å². The van der Waals surface area contributed by atoms with Crippen LogP contribution in [-0.4, -0.2) is 11.6 Å². The van der Waals surface area contributed by atoms with Crippen LogP contribution in [0.25, 0.3) is 6.08 Å². The second kappa shape index (κ2) is 3.52. The Bertz CT molecular complexity index is 591. The molecule has 0 aromatic heterocycles. The largest absolute Gasteiger partial charge is 0.289 e. The second-order valence-corrected chi connectivity index (χ2v) is 4.43. The van der Waals surface area contributed by atoms with Crippen molar-refractivity contribution in [3.05, 3.63) is 52.6 Å². The molecule has 84 valence electrons. The molecule has 0 radical (unpaired) electrons. The van der Waals surface area contributed by atoms with Crippen LogP contribution in [0.5, 0.6) is 0 Å². The van der Waals surface area contributed by atoms with E-state index in [0.29, 0.717) is 11.1 Å². The zero-order chi connectivity index (χ0) is 12.0. The molecule has 2 aliphatic rings. The highest BCUT2D eigenvalue weighted by molar-refractivity contribution is 6.23. The summed E-state index contributed by atoms with van der Waals surface area (Å²) in [5, 5.41) is 0. The fraction of sp³-hybridized carbons (Fsp3) is 0.200. The first kappa shape index (κ1) is 10.2. The number of rotatable bonds is 1. The number of hydrogen-bond acceptors (Lipinski definition) is 2. The molecular formula is C15H12O2. The SMILES string of the molecule is CCC1C=Cc2ccc3c(c21)C(=O)C=CC3=O. The van der Waals surface area contributed by atoms with Crippen LogP contribution in [0.2, 0.25) is 0 Å². The van der Waals surface area contributed by atoms with Crippen molar-refractivity contribution < 1.29 is 9.59 Å². The summed E-state index contributed by atoms with van der Waals surface area (Å²) in [6.45, 7) is 2.09. The van der Waals surface area contributed by atoms with Crippen molar-refractivity contribution in [2.24, 2.45) is 0 Å². The minimum Gasteiger partial charge on any atom is -0.289 e. The van der Waals surface area contributed by atoms with E-state index < -0.39 is 0 Å². The number of allylic oxidation sites excluding steroid dienone is 3. The first-order chi connectivity index (χ1) is 8.22. The summed E-state index contributed by atoms with van der Waals surface area (Å²) in [6, 6.07) is 3.70. The van der Waals surface area contributed by atoms with Gasteiger partial charge in [-0.25, -0.2) is 0 Å². The van der Waals surface area contributed by atoms with Crippen molar-refractivity contribution in [3.8, 4) is 0 Å². The van der Waals surface area contributed by atoms with E-state index >= 15 is 0 Å². The highest BCUT2D eigenvalue weighted by atomic mass is 16.1. The van der Waals surface area contributed by atoms with E-state index in [1.54, 1.807) is 6.07 Å². The Morgan fingerprint density at radius 3 is 2.59 bits per heavy atom.